The van der Waals surface area contributed by atoms with Gasteiger partial charge in [-0.3, -0.25) is 20.4 Å². The summed E-state index contributed by atoms with van der Waals surface area (Å²) >= 11 is 3.30. The van der Waals surface area contributed by atoms with E-state index in [4.69, 9.17) is 4.74 Å². The molecule has 5 nitrogen and oxygen atoms in total. The summed E-state index contributed by atoms with van der Waals surface area (Å²) < 4.78 is 5.88. The Morgan fingerprint density at radius 1 is 1.00 bits per heavy atom. The largest absolute Gasteiger partial charge is 0.496 e. The lowest BCUT2D eigenvalue weighted by Gasteiger charge is -2.11. The fourth-order valence-electron chi connectivity index (χ4n) is 1.93. The first-order chi connectivity index (χ1) is 10.5. The molecule has 0 fully saturated rings. The molecular weight excluding hydrogens is 348 g/mol. The van der Waals surface area contributed by atoms with Gasteiger partial charge in [-0.15, -0.1) is 0 Å². The molecule has 0 aliphatic carbocycles. The fraction of sp³-hybridized carbons (Fsp3) is 0.125. The van der Waals surface area contributed by atoms with E-state index in [1.54, 1.807) is 30.3 Å². The Morgan fingerprint density at radius 2 is 1.64 bits per heavy atom. The van der Waals surface area contributed by atoms with Gasteiger partial charge in [0.2, 0.25) is 0 Å². The van der Waals surface area contributed by atoms with Crippen LogP contribution >= 0.6 is 15.9 Å². The zero-order chi connectivity index (χ0) is 16.1. The van der Waals surface area contributed by atoms with Gasteiger partial charge in [-0.25, -0.2) is 0 Å². The normalized spacial score (nSPS) is 9.95. The molecule has 0 aromatic heterocycles. The van der Waals surface area contributed by atoms with Crippen LogP contribution in [-0.2, 0) is 0 Å². The number of benzene rings is 2. The number of hydrogen-bond acceptors (Lipinski definition) is 3. The van der Waals surface area contributed by atoms with Crippen molar-refractivity contribution < 1.29 is 14.3 Å². The summed E-state index contributed by atoms with van der Waals surface area (Å²) in [4.78, 5) is 24.2. The van der Waals surface area contributed by atoms with Crippen LogP contribution < -0.4 is 15.6 Å². The number of carbonyl (C=O) groups excluding carboxylic acids is 2. The summed E-state index contributed by atoms with van der Waals surface area (Å²) in [7, 11) is 1.48. The van der Waals surface area contributed by atoms with Gasteiger partial charge in [0.05, 0.1) is 12.7 Å². The maximum absolute atomic E-state index is 12.2. The van der Waals surface area contributed by atoms with Crippen molar-refractivity contribution in [3.8, 4) is 5.75 Å². The molecule has 114 valence electrons. The van der Waals surface area contributed by atoms with Crippen LogP contribution in [0.5, 0.6) is 5.75 Å². The number of aryl methyl sites for hydroxylation is 1. The Bertz CT molecular complexity index is 716. The van der Waals surface area contributed by atoms with Gasteiger partial charge < -0.3 is 4.74 Å². The van der Waals surface area contributed by atoms with Crippen molar-refractivity contribution in [1.29, 1.82) is 0 Å². The summed E-state index contributed by atoms with van der Waals surface area (Å²) in [5, 5.41) is 0. The summed E-state index contributed by atoms with van der Waals surface area (Å²) in [6.45, 7) is 1.83. The van der Waals surface area contributed by atoms with Gasteiger partial charge in [0, 0.05) is 10.0 Å². The first-order valence-electron chi connectivity index (χ1n) is 6.52. The number of carbonyl (C=O) groups is 2. The Balaban J connectivity index is 2.09. The standard InChI is InChI=1S/C16H15BrN2O3/c1-10-5-3-4-6-12(10)15(20)18-19-16(21)13-9-11(17)7-8-14(13)22-2/h3-9H,1-2H3,(H,18,20)(H,19,21). The Morgan fingerprint density at radius 3 is 2.27 bits per heavy atom. The third-order valence-corrected chi connectivity index (χ3v) is 3.58. The SMILES string of the molecule is COc1ccc(Br)cc1C(=O)NNC(=O)c1ccccc1C. The van der Waals surface area contributed by atoms with Gasteiger partial charge in [0.1, 0.15) is 5.75 Å². The van der Waals surface area contributed by atoms with Crippen LogP contribution in [-0.4, -0.2) is 18.9 Å². The number of hydrogen-bond donors (Lipinski definition) is 2. The van der Waals surface area contributed by atoms with Gasteiger partial charge in [-0.2, -0.15) is 0 Å². The van der Waals surface area contributed by atoms with Gasteiger partial charge >= 0.3 is 0 Å². The van der Waals surface area contributed by atoms with Crippen molar-refractivity contribution in [2.24, 2.45) is 0 Å². The highest BCUT2D eigenvalue weighted by Crippen LogP contribution is 2.22. The molecular formula is C16H15BrN2O3. The second kappa shape index (κ2) is 7.09. The van der Waals surface area contributed by atoms with E-state index in [-0.39, 0.29) is 5.91 Å². The van der Waals surface area contributed by atoms with Gasteiger partial charge in [0.25, 0.3) is 11.8 Å². The zero-order valence-corrected chi connectivity index (χ0v) is 13.7. The van der Waals surface area contributed by atoms with Crippen molar-refractivity contribution in [3.05, 3.63) is 63.6 Å². The monoisotopic (exact) mass is 362 g/mol. The number of hydrazine groups is 1. The number of methoxy groups -OCH3 is 1. The minimum Gasteiger partial charge on any atom is -0.496 e. The van der Waals surface area contributed by atoms with E-state index in [1.807, 2.05) is 19.1 Å². The van der Waals surface area contributed by atoms with Crippen LogP contribution in [0.15, 0.2) is 46.9 Å². The van der Waals surface area contributed by atoms with Crippen LogP contribution in [0.4, 0.5) is 0 Å². The van der Waals surface area contributed by atoms with Crippen molar-refractivity contribution in [2.75, 3.05) is 7.11 Å². The van der Waals surface area contributed by atoms with Crippen LogP contribution in [0.1, 0.15) is 26.3 Å². The van der Waals surface area contributed by atoms with Gasteiger partial charge in [-0.1, -0.05) is 34.1 Å². The highest BCUT2D eigenvalue weighted by molar-refractivity contribution is 9.10. The Hall–Kier alpha value is -2.34. The lowest BCUT2D eigenvalue weighted by molar-refractivity contribution is 0.0844. The molecule has 0 radical (unpaired) electrons. The summed E-state index contributed by atoms with van der Waals surface area (Å²) in [5.74, 6) is -0.411. The number of rotatable bonds is 3. The molecule has 2 N–H and O–H groups in total. The quantitative estimate of drug-likeness (QED) is 0.825. The van der Waals surface area contributed by atoms with Crippen molar-refractivity contribution in [1.82, 2.24) is 10.9 Å². The van der Waals surface area contributed by atoms with Crippen LogP contribution in [0.2, 0.25) is 0 Å². The molecule has 0 spiro atoms. The molecule has 0 unspecified atom stereocenters. The van der Waals surface area contributed by atoms with Crippen LogP contribution in [0, 0.1) is 6.92 Å². The molecule has 2 amide bonds. The van der Waals surface area contributed by atoms with Gasteiger partial charge in [-0.05, 0) is 36.8 Å². The third kappa shape index (κ3) is 3.65. The minimum atomic E-state index is -0.458. The first kappa shape index (κ1) is 16.0. The molecule has 0 bridgehead atoms. The summed E-state index contributed by atoms with van der Waals surface area (Å²) in [5.41, 5.74) is 6.44. The third-order valence-electron chi connectivity index (χ3n) is 3.09. The molecule has 0 aliphatic rings. The van der Waals surface area contributed by atoms with E-state index in [0.29, 0.717) is 16.9 Å². The first-order valence-corrected chi connectivity index (χ1v) is 7.32. The summed E-state index contributed by atoms with van der Waals surface area (Å²) in [6.07, 6.45) is 0. The number of ether oxygens (including phenoxy) is 1. The van der Waals surface area contributed by atoms with Crippen LogP contribution in [0.25, 0.3) is 0 Å². The molecule has 0 saturated heterocycles. The molecule has 22 heavy (non-hydrogen) atoms. The predicted octanol–water partition coefficient (Wildman–Crippen LogP) is 2.84. The average molecular weight is 363 g/mol. The fourth-order valence-corrected chi connectivity index (χ4v) is 2.29. The highest BCUT2D eigenvalue weighted by atomic mass is 79.9. The van der Waals surface area contributed by atoms with Crippen molar-refractivity contribution >= 4 is 27.7 Å². The maximum Gasteiger partial charge on any atom is 0.273 e. The molecule has 0 heterocycles. The molecule has 0 aliphatic heterocycles. The Kier molecular flexibility index (Phi) is 5.16. The smallest absolute Gasteiger partial charge is 0.273 e. The predicted molar refractivity (Wildman–Crippen MR) is 86.8 cm³/mol. The second-order valence-electron chi connectivity index (χ2n) is 4.57. The lowest BCUT2D eigenvalue weighted by atomic mass is 10.1. The number of nitrogens with one attached hydrogen (secondary N) is 2. The van der Waals surface area contributed by atoms with E-state index in [2.05, 4.69) is 26.8 Å². The molecule has 6 heteroatoms. The topological polar surface area (TPSA) is 67.4 Å². The maximum atomic E-state index is 12.2. The molecule has 0 saturated carbocycles. The van der Waals surface area contributed by atoms with Gasteiger partial charge in [0.15, 0.2) is 0 Å². The zero-order valence-electron chi connectivity index (χ0n) is 12.1. The Labute approximate surface area is 136 Å². The number of halogens is 1. The number of amides is 2. The van der Waals surface area contributed by atoms with E-state index >= 15 is 0 Å². The molecule has 2 rings (SSSR count). The highest BCUT2D eigenvalue weighted by Gasteiger charge is 2.14. The summed E-state index contributed by atoms with van der Waals surface area (Å²) in [6, 6.07) is 12.2. The molecule has 0 atom stereocenters. The second-order valence-corrected chi connectivity index (χ2v) is 5.48. The van der Waals surface area contributed by atoms with Crippen molar-refractivity contribution in [2.45, 2.75) is 6.92 Å². The van der Waals surface area contributed by atoms with E-state index in [9.17, 15) is 9.59 Å². The molecule has 2 aromatic carbocycles. The van der Waals surface area contributed by atoms with Crippen LogP contribution in [0.3, 0.4) is 0 Å². The van der Waals surface area contributed by atoms with E-state index < -0.39 is 5.91 Å². The molecule has 2 aromatic rings. The van der Waals surface area contributed by atoms with E-state index in [0.717, 1.165) is 10.0 Å². The van der Waals surface area contributed by atoms with Crippen molar-refractivity contribution in [3.63, 3.8) is 0 Å². The minimum absolute atomic E-state index is 0.321. The average Bonchev–Trinajstić information content (AvgIpc) is 2.52. The van der Waals surface area contributed by atoms with E-state index in [1.165, 1.54) is 7.11 Å². The lowest BCUT2D eigenvalue weighted by Crippen LogP contribution is -2.42.